The molecule has 2 amide bonds. The van der Waals surface area contributed by atoms with Gasteiger partial charge in [-0.2, -0.15) is 10.1 Å². The Kier molecular flexibility index (Phi) is 3.28. The predicted molar refractivity (Wildman–Crippen MR) is 73.6 cm³/mol. The van der Waals surface area contributed by atoms with Gasteiger partial charge in [-0.15, -0.1) is 0 Å². The molecule has 1 fully saturated rings. The van der Waals surface area contributed by atoms with Crippen LogP contribution in [0.4, 0.5) is 0 Å². The van der Waals surface area contributed by atoms with Gasteiger partial charge < -0.3 is 10.2 Å². The van der Waals surface area contributed by atoms with Crippen molar-refractivity contribution >= 4 is 17.6 Å². The molecule has 8 nitrogen and oxygen atoms in total. The molecule has 3 rings (SSSR count). The molecule has 1 N–H and O–H groups in total. The van der Waals surface area contributed by atoms with Crippen LogP contribution in [0.1, 0.15) is 29.4 Å². The number of carbonyl (C=O) groups is 2. The standard InChI is InChI=1S/C13H16N6O2/c1-3-10-11(20)14-4-5-18(10)12(21)9-6-15-13-16-7-17-19(13)8(9)2/h6-7,10H,3-5H2,1-2H3,(H,14,20). The number of nitrogens with zero attached hydrogens (tertiary/aromatic N) is 5. The van der Waals surface area contributed by atoms with Gasteiger partial charge in [0.05, 0.1) is 11.3 Å². The minimum atomic E-state index is -0.433. The Morgan fingerprint density at radius 3 is 3.05 bits per heavy atom. The summed E-state index contributed by atoms with van der Waals surface area (Å²) in [5.74, 6) is 0.149. The van der Waals surface area contributed by atoms with Crippen LogP contribution in [0.3, 0.4) is 0 Å². The van der Waals surface area contributed by atoms with E-state index in [1.807, 2.05) is 6.92 Å². The Bertz CT molecular complexity index is 710. The van der Waals surface area contributed by atoms with Crippen molar-refractivity contribution in [2.75, 3.05) is 13.1 Å². The summed E-state index contributed by atoms with van der Waals surface area (Å²) in [4.78, 5) is 34.3. The van der Waals surface area contributed by atoms with Crippen LogP contribution in [-0.4, -0.2) is 55.4 Å². The highest BCUT2D eigenvalue weighted by atomic mass is 16.2. The number of rotatable bonds is 2. The first kappa shape index (κ1) is 13.5. The highest BCUT2D eigenvalue weighted by Gasteiger charge is 2.33. The number of aryl methyl sites for hydroxylation is 1. The maximum Gasteiger partial charge on any atom is 0.258 e. The van der Waals surface area contributed by atoms with Crippen LogP contribution in [-0.2, 0) is 4.79 Å². The highest BCUT2D eigenvalue weighted by Crippen LogP contribution is 2.16. The first-order valence-electron chi connectivity index (χ1n) is 6.87. The molecular weight excluding hydrogens is 272 g/mol. The van der Waals surface area contributed by atoms with Crippen molar-refractivity contribution in [2.24, 2.45) is 0 Å². The molecule has 2 aromatic rings. The Hall–Kier alpha value is -2.51. The molecule has 1 aliphatic heterocycles. The second-order valence-electron chi connectivity index (χ2n) is 4.94. The molecule has 8 heteroatoms. The number of piperazine rings is 1. The van der Waals surface area contributed by atoms with Crippen LogP contribution < -0.4 is 5.32 Å². The van der Waals surface area contributed by atoms with Gasteiger partial charge in [0.2, 0.25) is 5.91 Å². The van der Waals surface area contributed by atoms with E-state index in [0.29, 0.717) is 36.5 Å². The average molecular weight is 288 g/mol. The van der Waals surface area contributed by atoms with Gasteiger partial charge in [-0.05, 0) is 13.3 Å². The average Bonchev–Trinajstić information content (AvgIpc) is 2.96. The lowest BCUT2D eigenvalue weighted by molar-refractivity contribution is -0.127. The third-order valence-corrected chi connectivity index (χ3v) is 3.76. The van der Waals surface area contributed by atoms with Crippen LogP contribution >= 0.6 is 0 Å². The fourth-order valence-corrected chi connectivity index (χ4v) is 2.62. The molecule has 1 atom stereocenters. The molecular formula is C13H16N6O2. The van der Waals surface area contributed by atoms with E-state index >= 15 is 0 Å². The number of aromatic nitrogens is 4. The highest BCUT2D eigenvalue weighted by molar-refractivity contribution is 5.98. The Labute approximate surface area is 121 Å². The normalized spacial score (nSPS) is 18.9. The third kappa shape index (κ3) is 2.12. The van der Waals surface area contributed by atoms with E-state index in [4.69, 9.17) is 0 Å². The SMILES string of the molecule is CCC1C(=O)NCCN1C(=O)c1cnc2ncnn2c1C. The lowest BCUT2D eigenvalue weighted by atomic mass is 10.1. The minimum Gasteiger partial charge on any atom is -0.353 e. The largest absolute Gasteiger partial charge is 0.353 e. The minimum absolute atomic E-state index is 0.107. The second-order valence-corrected chi connectivity index (χ2v) is 4.94. The Balaban J connectivity index is 1.99. The topological polar surface area (TPSA) is 92.5 Å². The van der Waals surface area contributed by atoms with E-state index in [-0.39, 0.29) is 11.8 Å². The van der Waals surface area contributed by atoms with Gasteiger partial charge in [-0.1, -0.05) is 6.92 Å². The van der Waals surface area contributed by atoms with Crippen molar-refractivity contribution in [1.82, 2.24) is 29.8 Å². The van der Waals surface area contributed by atoms with Gasteiger partial charge in [0.25, 0.3) is 11.7 Å². The summed E-state index contributed by atoms with van der Waals surface area (Å²) in [5.41, 5.74) is 1.12. The fourth-order valence-electron chi connectivity index (χ4n) is 2.62. The molecule has 0 bridgehead atoms. The van der Waals surface area contributed by atoms with Gasteiger partial charge in [-0.25, -0.2) is 9.50 Å². The molecule has 0 radical (unpaired) electrons. The number of carbonyl (C=O) groups excluding carboxylic acids is 2. The molecule has 0 aromatic carbocycles. The van der Waals surface area contributed by atoms with E-state index in [2.05, 4.69) is 20.4 Å². The van der Waals surface area contributed by atoms with Gasteiger partial charge in [0.1, 0.15) is 12.4 Å². The lowest BCUT2D eigenvalue weighted by Crippen LogP contribution is -2.57. The number of fused-ring (bicyclic) bond motifs is 1. The van der Waals surface area contributed by atoms with Crippen molar-refractivity contribution in [1.29, 1.82) is 0 Å². The molecule has 0 aliphatic carbocycles. The fraction of sp³-hybridized carbons (Fsp3) is 0.462. The summed E-state index contributed by atoms with van der Waals surface area (Å²) >= 11 is 0. The second kappa shape index (κ2) is 5.12. The number of hydrogen-bond donors (Lipinski definition) is 1. The third-order valence-electron chi connectivity index (χ3n) is 3.76. The molecule has 1 unspecified atom stereocenters. The first-order valence-corrected chi connectivity index (χ1v) is 6.87. The van der Waals surface area contributed by atoms with Crippen LogP contribution in [0.25, 0.3) is 5.78 Å². The van der Waals surface area contributed by atoms with Crippen LogP contribution in [0.15, 0.2) is 12.5 Å². The zero-order chi connectivity index (χ0) is 15.0. The predicted octanol–water partition coefficient (Wildman–Crippen LogP) is -0.217. The van der Waals surface area contributed by atoms with Gasteiger partial charge in [-0.3, -0.25) is 9.59 Å². The zero-order valence-electron chi connectivity index (χ0n) is 11.9. The van der Waals surface area contributed by atoms with E-state index in [1.54, 1.807) is 11.8 Å². The molecule has 2 aromatic heterocycles. The molecule has 3 heterocycles. The van der Waals surface area contributed by atoms with Crippen molar-refractivity contribution in [3.8, 4) is 0 Å². The van der Waals surface area contributed by atoms with E-state index in [1.165, 1.54) is 17.0 Å². The van der Waals surface area contributed by atoms with E-state index < -0.39 is 6.04 Å². The van der Waals surface area contributed by atoms with Crippen LogP contribution in [0, 0.1) is 6.92 Å². The maximum atomic E-state index is 12.7. The van der Waals surface area contributed by atoms with E-state index in [9.17, 15) is 9.59 Å². The summed E-state index contributed by atoms with van der Waals surface area (Å²) < 4.78 is 1.53. The summed E-state index contributed by atoms with van der Waals surface area (Å²) in [6.07, 6.45) is 3.48. The van der Waals surface area contributed by atoms with Crippen molar-refractivity contribution in [2.45, 2.75) is 26.3 Å². The number of hydrogen-bond acceptors (Lipinski definition) is 5. The molecule has 21 heavy (non-hydrogen) atoms. The number of nitrogens with one attached hydrogen (secondary N) is 1. The van der Waals surface area contributed by atoms with Crippen LogP contribution in [0.5, 0.6) is 0 Å². The van der Waals surface area contributed by atoms with Gasteiger partial charge in [0, 0.05) is 19.3 Å². The summed E-state index contributed by atoms with van der Waals surface area (Å²) in [6, 6.07) is -0.433. The maximum absolute atomic E-state index is 12.7. The van der Waals surface area contributed by atoms with Crippen molar-refractivity contribution in [3.63, 3.8) is 0 Å². The van der Waals surface area contributed by atoms with E-state index in [0.717, 1.165) is 0 Å². The lowest BCUT2D eigenvalue weighted by Gasteiger charge is -2.34. The smallest absolute Gasteiger partial charge is 0.258 e. The Morgan fingerprint density at radius 2 is 2.29 bits per heavy atom. The van der Waals surface area contributed by atoms with Crippen LogP contribution in [0.2, 0.25) is 0 Å². The summed E-state index contributed by atoms with van der Waals surface area (Å²) in [7, 11) is 0. The molecule has 0 spiro atoms. The van der Waals surface area contributed by atoms with Crippen molar-refractivity contribution < 1.29 is 9.59 Å². The Morgan fingerprint density at radius 1 is 1.48 bits per heavy atom. The zero-order valence-corrected chi connectivity index (χ0v) is 11.9. The molecule has 110 valence electrons. The summed E-state index contributed by atoms with van der Waals surface area (Å²) in [5, 5.41) is 6.84. The van der Waals surface area contributed by atoms with Gasteiger partial charge in [0.15, 0.2) is 0 Å². The first-order chi connectivity index (χ1) is 10.1. The summed E-state index contributed by atoms with van der Waals surface area (Å²) in [6.45, 7) is 4.65. The molecule has 1 aliphatic rings. The quantitative estimate of drug-likeness (QED) is 0.825. The monoisotopic (exact) mass is 288 g/mol. The number of amides is 2. The molecule has 1 saturated heterocycles. The molecule has 0 saturated carbocycles. The van der Waals surface area contributed by atoms with Gasteiger partial charge >= 0.3 is 0 Å². The van der Waals surface area contributed by atoms with Crippen molar-refractivity contribution in [3.05, 3.63) is 23.8 Å².